The van der Waals surface area contributed by atoms with Crippen LogP contribution in [0.15, 0.2) is 24.4 Å². The van der Waals surface area contributed by atoms with Gasteiger partial charge in [-0.3, -0.25) is 9.59 Å². The Morgan fingerprint density at radius 1 is 1.21 bits per heavy atom. The van der Waals surface area contributed by atoms with Crippen molar-refractivity contribution in [1.82, 2.24) is 14.8 Å². The van der Waals surface area contributed by atoms with E-state index in [0.29, 0.717) is 32.6 Å². The molecule has 2 amide bonds. The number of amides is 2. The fraction of sp³-hybridized carbons (Fsp3) is 0.444. The van der Waals surface area contributed by atoms with Crippen LogP contribution < -0.4 is 0 Å². The number of carbonyl (C=O) groups excluding carboxylic acids is 2. The summed E-state index contributed by atoms with van der Waals surface area (Å²) in [4.78, 5) is 30.9. The molecule has 2 heterocycles. The van der Waals surface area contributed by atoms with Crippen molar-refractivity contribution in [3.8, 4) is 0 Å². The zero-order valence-electron chi connectivity index (χ0n) is 14.1. The van der Waals surface area contributed by atoms with Crippen LogP contribution in [0.2, 0.25) is 0 Å². The second-order valence-electron chi connectivity index (χ2n) is 6.42. The third kappa shape index (κ3) is 3.28. The van der Waals surface area contributed by atoms with Crippen molar-refractivity contribution in [3.63, 3.8) is 0 Å². The molecule has 2 N–H and O–H groups in total. The number of benzene rings is 1. The summed E-state index contributed by atoms with van der Waals surface area (Å²) in [5.41, 5.74) is 3.23. The van der Waals surface area contributed by atoms with Crippen LogP contribution in [0.5, 0.6) is 0 Å². The zero-order chi connectivity index (χ0) is 17.3. The summed E-state index contributed by atoms with van der Waals surface area (Å²) in [6.45, 7) is 5.49. The molecule has 0 spiro atoms. The molecule has 0 radical (unpaired) electrons. The lowest BCUT2D eigenvalue weighted by Crippen LogP contribution is -2.52. The maximum atomic E-state index is 12.5. The number of carbonyl (C=O) groups is 2. The molecule has 24 heavy (non-hydrogen) atoms. The minimum Gasteiger partial charge on any atom is -0.384 e. The SMILES string of the molecule is Cc1ccc2c(CC(=O)N3CCN(C(=O)C(C)O)CC3)c[nH]c2c1. The number of H-pyrrole nitrogens is 1. The van der Waals surface area contributed by atoms with Gasteiger partial charge < -0.3 is 19.9 Å². The summed E-state index contributed by atoms with van der Waals surface area (Å²) in [7, 11) is 0. The molecular weight excluding hydrogens is 306 g/mol. The van der Waals surface area contributed by atoms with Crippen LogP contribution >= 0.6 is 0 Å². The number of aliphatic hydroxyl groups excluding tert-OH is 1. The Hall–Kier alpha value is -2.34. The molecule has 1 aromatic carbocycles. The average Bonchev–Trinajstić information content (AvgIpc) is 2.96. The molecule has 2 aromatic rings. The van der Waals surface area contributed by atoms with Crippen LogP contribution in [0, 0.1) is 6.92 Å². The van der Waals surface area contributed by atoms with E-state index in [1.807, 2.05) is 25.3 Å². The smallest absolute Gasteiger partial charge is 0.251 e. The van der Waals surface area contributed by atoms with Gasteiger partial charge in [-0.05, 0) is 31.0 Å². The highest BCUT2D eigenvalue weighted by molar-refractivity contribution is 5.89. The number of nitrogens with one attached hydrogen (secondary N) is 1. The summed E-state index contributed by atoms with van der Waals surface area (Å²) in [5.74, 6) is -0.199. The van der Waals surface area contributed by atoms with Crippen molar-refractivity contribution >= 4 is 22.7 Å². The van der Waals surface area contributed by atoms with Gasteiger partial charge in [0.15, 0.2) is 0 Å². The third-order valence-corrected chi connectivity index (χ3v) is 4.57. The second-order valence-corrected chi connectivity index (χ2v) is 6.42. The Labute approximate surface area is 141 Å². The fourth-order valence-electron chi connectivity index (χ4n) is 3.16. The van der Waals surface area contributed by atoms with Crippen molar-refractivity contribution in [1.29, 1.82) is 0 Å². The Balaban J connectivity index is 1.62. The Morgan fingerprint density at radius 2 is 1.88 bits per heavy atom. The number of hydrogen-bond acceptors (Lipinski definition) is 3. The number of aryl methyl sites for hydroxylation is 1. The lowest BCUT2D eigenvalue weighted by atomic mass is 10.1. The first kappa shape index (κ1) is 16.5. The summed E-state index contributed by atoms with van der Waals surface area (Å²) in [6, 6.07) is 6.16. The van der Waals surface area contributed by atoms with Crippen LogP contribution in [0.1, 0.15) is 18.1 Å². The van der Waals surface area contributed by atoms with Crippen molar-refractivity contribution in [2.24, 2.45) is 0 Å². The molecular formula is C18H23N3O3. The first-order valence-corrected chi connectivity index (χ1v) is 8.27. The van der Waals surface area contributed by atoms with Crippen LogP contribution in [0.25, 0.3) is 10.9 Å². The summed E-state index contributed by atoms with van der Waals surface area (Å²) in [6.07, 6.45) is 1.27. The summed E-state index contributed by atoms with van der Waals surface area (Å²) >= 11 is 0. The molecule has 1 unspecified atom stereocenters. The molecule has 3 rings (SSSR count). The molecule has 1 aliphatic heterocycles. The van der Waals surface area contributed by atoms with Gasteiger partial charge >= 0.3 is 0 Å². The number of fused-ring (bicyclic) bond motifs is 1. The van der Waals surface area contributed by atoms with Crippen LogP contribution in [0.4, 0.5) is 0 Å². The lowest BCUT2D eigenvalue weighted by molar-refractivity contribution is -0.144. The normalized spacial score (nSPS) is 16.5. The maximum Gasteiger partial charge on any atom is 0.251 e. The van der Waals surface area contributed by atoms with Gasteiger partial charge in [-0.1, -0.05) is 12.1 Å². The molecule has 1 aliphatic rings. The lowest BCUT2D eigenvalue weighted by Gasteiger charge is -2.35. The average molecular weight is 329 g/mol. The molecule has 1 atom stereocenters. The Kier molecular flexibility index (Phi) is 4.57. The molecule has 6 nitrogen and oxygen atoms in total. The van der Waals surface area contributed by atoms with E-state index < -0.39 is 6.10 Å². The summed E-state index contributed by atoms with van der Waals surface area (Å²) < 4.78 is 0. The van der Waals surface area contributed by atoms with Crippen molar-refractivity contribution in [2.45, 2.75) is 26.4 Å². The highest BCUT2D eigenvalue weighted by Crippen LogP contribution is 2.20. The first-order chi connectivity index (χ1) is 11.5. The molecule has 6 heteroatoms. The van der Waals surface area contributed by atoms with Gasteiger partial charge in [0, 0.05) is 43.3 Å². The molecule has 1 fully saturated rings. The van der Waals surface area contributed by atoms with E-state index in [-0.39, 0.29) is 11.8 Å². The predicted octanol–water partition coefficient (Wildman–Crippen LogP) is 1.07. The zero-order valence-corrected chi connectivity index (χ0v) is 14.1. The fourth-order valence-corrected chi connectivity index (χ4v) is 3.16. The van der Waals surface area contributed by atoms with Gasteiger partial charge in [-0.15, -0.1) is 0 Å². The van der Waals surface area contributed by atoms with E-state index in [4.69, 9.17) is 0 Å². The van der Waals surface area contributed by atoms with E-state index in [0.717, 1.165) is 16.5 Å². The Morgan fingerprint density at radius 3 is 2.54 bits per heavy atom. The monoisotopic (exact) mass is 329 g/mol. The van der Waals surface area contributed by atoms with Crippen LogP contribution in [-0.2, 0) is 16.0 Å². The molecule has 0 saturated carbocycles. The minimum atomic E-state index is -0.984. The quantitative estimate of drug-likeness (QED) is 0.884. The van der Waals surface area contributed by atoms with E-state index in [1.54, 1.807) is 9.80 Å². The number of rotatable bonds is 3. The molecule has 0 bridgehead atoms. The van der Waals surface area contributed by atoms with E-state index in [9.17, 15) is 14.7 Å². The number of piperazine rings is 1. The molecule has 0 aliphatic carbocycles. The van der Waals surface area contributed by atoms with E-state index in [2.05, 4.69) is 11.1 Å². The molecule has 1 aromatic heterocycles. The number of nitrogens with zero attached hydrogens (tertiary/aromatic N) is 2. The highest BCUT2D eigenvalue weighted by Gasteiger charge is 2.26. The maximum absolute atomic E-state index is 12.5. The standard InChI is InChI=1S/C18H23N3O3/c1-12-3-4-15-14(11-19-16(15)9-12)10-17(23)20-5-7-21(8-6-20)18(24)13(2)22/h3-4,9,11,13,19,22H,5-8,10H2,1-2H3. The molecule has 128 valence electrons. The van der Waals surface area contributed by atoms with Crippen molar-refractivity contribution in [2.75, 3.05) is 26.2 Å². The van der Waals surface area contributed by atoms with Gasteiger partial charge in [-0.2, -0.15) is 0 Å². The predicted molar refractivity (Wildman–Crippen MR) is 91.6 cm³/mol. The van der Waals surface area contributed by atoms with E-state index >= 15 is 0 Å². The Bertz CT molecular complexity index is 758. The minimum absolute atomic E-state index is 0.0700. The van der Waals surface area contributed by atoms with Gasteiger partial charge in [0.05, 0.1) is 6.42 Å². The van der Waals surface area contributed by atoms with Gasteiger partial charge in [0.1, 0.15) is 6.10 Å². The topological polar surface area (TPSA) is 76.6 Å². The van der Waals surface area contributed by atoms with Gasteiger partial charge in [-0.25, -0.2) is 0 Å². The number of aromatic amines is 1. The third-order valence-electron chi connectivity index (χ3n) is 4.57. The van der Waals surface area contributed by atoms with Gasteiger partial charge in [0.2, 0.25) is 5.91 Å². The second kappa shape index (κ2) is 6.65. The number of hydrogen-bond donors (Lipinski definition) is 2. The van der Waals surface area contributed by atoms with Gasteiger partial charge in [0.25, 0.3) is 5.91 Å². The highest BCUT2D eigenvalue weighted by atomic mass is 16.3. The summed E-state index contributed by atoms with van der Waals surface area (Å²) in [5, 5.41) is 10.4. The largest absolute Gasteiger partial charge is 0.384 e. The van der Waals surface area contributed by atoms with Crippen molar-refractivity contribution < 1.29 is 14.7 Å². The van der Waals surface area contributed by atoms with E-state index in [1.165, 1.54) is 12.5 Å². The molecule has 1 saturated heterocycles. The number of aliphatic hydroxyl groups is 1. The van der Waals surface area contributed by atoms with Crippen LogP contribution in [0.3, 0.4) is 0 Å². The number of aromatic nitrogens is 1. The van der Waals surface area contributed by atoms with Crippen LogP contribution in [-0.4, -0.2) is 64.0 Å². The first-order valence-electron chi connectivity index (χ1n) is 8.27. The van der Waals surface area contributed by atoms with Crippen molar-refractivity contribution in [3.05, 3.63) is 35.5 Å².